The van der Waals surface area contributed by atoms with Gasteiger partial charge in [0.15, 0.2) is 5.75 Å². The largest absolute Gasteiger partial charge is 0.490 e. The number of ether oxygens (including phenoxy) is 1. The second-order valence-electron chi connectivity index (χ2n) is 8.22. The topological polar surface area (TPSA) is 155 Å². The van der Waals surface area contributed by atoms with Gasteiger partial charge >= 0.3 is 5.97 Å². The molecular formula is C23H24N4O6S. The van der Waals surface area contributed by atoms with E-state index in [1.54, 1.807) is 24.3 Å². The number of aliphatic carboxylic acids is 1. The molecule has 10 nitrogen and oxygen atoms in total. The molecule has 34 heavy (non-hydrogen) atoms. The number of carboxylic acid groups (broad SMARTS) is 1. The van der Waals surface area contributed by atoms with Crippen LogP contribution in [0.25, 0.3) is 22.8 Å². The van der Waals surface area contributed by atoms with E-state index in [-0.39, 0.29) is 12.0 Å². The number of hydrogen-bond donors (Lipinski definition) is 3. The van der Waals surface area contributed by atoms with Crippen LogP contribution in [0, 0.1) is 5.41 Å². The van der Waals surface area contributed by atoms with Gasteiger partial charge < -0.3 is 19.8 Å². The van der Waals surface area contributed by atoms with Crippen LogP contribution in [0.5, 0.6) is 5.75 Å². The zero-order valence-corrected chi connectivity index (χ0v) is 19.4. The Morgan fingerprint density at radius 1 is 1.35 bits per heavy atom. The van der Waals surface area contributed by atoms with Crippen molar-refractivity contribution in [3.8, 4) is 28.6 Å². The molecule has 0 spiro atoms. The first kappa shape index (κ1) is 23.6. The first-order valence-electron chi connectivity index (χ1n) is 10.7. The molecular weight excluding hydrogens is 460 g/mol. The molecule has 4 rings (SSSR count). The van der Waals surface area contributed by atoms with E-state index in [9.17, 15) is 13.2 Å². The van der Waals surface area contributed by atoms with E-state index >= 15 is 0 Å². The summed E-state index contributed by atoms with van der Waals surface area (Å²) in [6, 6.07) is 10.2. The van der Waals surface area contributed by atoms with Crippen LogP contribution in [0.1, 0.15) is 43.0 Å². The Balaban J connectivity index is 1.62. The minimum Gasteiger partial charge on any atom is -0.490 e. The summed E-state index contributed by atoms with van der Waals surface area (Å²) in [6.45, 7) is 3.82. The van der Waals surface area contributed by atoms with Crippen LogP contribution < -0.4 is 9.46 Å². The van der Waals surface area contributed by atoms with Gasteiger partial charge in [0, 0.05) is 28.9 Å². The number of nitrogens with one attached hydrogen (secondary N) is 2. The van der Waals surface area contributed by atoms with Gasteiger partial charge in [-0.05, 0) is 56.0 Å². The molecule has 178 valence electrons. The fourth-order valence-corrected chi connectivity index (χ4v) is 5.10. The van der Waals surface area contributed by atoms with Crippen molar-refractivity contribution < 1.29 is 27.6 Å². The van der Waals surface area contributed by atoms with E-state index in [1.165, 1.54) is 6.21 Å². The normalized spacial score (nSPS) is 15.3. The lowest BCUT2D eigenvalue weighted by Crippen LogP contribution is -2.32. The molecule has 0 amide bonds. The Labute approximate surface area is 196 Å². The highest BCUT2D eigenvalue weighted by atomic mass is 32.2. The number of carbonyl (C=O) groups is 1. The molecule has 2 aromatic carbocycles. The molecule has 3 N–H and O–H groups in total. The van der Waals surface area contributed by atoms with Crippen LogP contribution in [0.2, 0.25) is 0 Å². The van der Waals surface area contributed by atoms with E-state index < -0.39 is 27.8 Å². The van der Waals surface area contributed by atoms with Gasteiger partial charge in [-0.2, -0.15) is 4.98 Å². The number of sulfonamides is 1. The molecule has 1 aliphatic rings. The maximum Gasteiger partial charge on any atom is 0.320 e. The molecule has 11 heteroatoms. The molecule has 0 saturated carbocycles. The summed E-state index contributed by atoms with van der Waals surface area (Å²) >= 11 is 0. The lowest BCUT2D eigenvalue weighted by molar-refractivity contribution is -0.134. The Kier molecular flexibility index (Phi) is 6.49. The van der Waals surface area contributed by atoms with Crippen molar-refractivity contribution in [2.24, 2.45) is 0 Å². The fourth-order valence-electron chi connectivity index (χ4n) is 4.01. The molecule has 0 unspecified atom stereocenters. The third-order valence-electron chi connectivity index (χ3n) is 5.35. The van der Waals surface area contributed by atoms with E-state index in [4.69, 9.17) is 19.8 Å². The highest BCUT2D eigenvalue weighted by molar-refractivity contribution is 7.90. The van der Waals surface area contributed by atoms with Crippen LogP contribution >= 0.6 is 0 Å². The summed E-state index contributed by atoms with van der Waals surface area (Å²) < 4.78 is 37.9. The van der Waals surface area contributed by atoms with Gasteiger partial charge in [0.2, 0.25) is 15.8 Å². The SMILES string of the molecule is CC(C)Oc1ccc(-c2nc(-c3cccc4c3CC[C@H]4NS(=O)(=O)CC(=O)O)no2)cc1C=N. The van der Waals surface area contributed by atoms with Crippen molar-refractivity contribution in [2.45, 2.75) is 38.8 Å². The third-order valence-corrected chi connectivity index (χ3v) is 6.62. The van der Waals surface area contributed by atoms with E-state index in [2.05, 4.69) is 14.9 Å². The number of aromatic nitrogens is 2. The summed E-state index contributed by atoms with van der Waals surface area (Å²) in [4.78, 5) is 15.4. The van der Waals surface area contributed by atoms with Gasteiger partial charge in [-0.1, -0.05) is 23.4 Å². The second-order valence-corrected chi connectivity index (χ2v) is 9.98. The minimum atomic E-state index is -3.96. The van der Waals surface area contributed by atoms with Gasteiger partial charge in [-0.15, -0.1) is 0 Å². The molecule has 3 aromatic rings. The Morgan fingerprint density at radius 3 is 2.85 bits per heavy atom. The van der Waals surface area contributed by atoms with Crippen LogP contribution in [0.15, 0.2) is 40.9 Å². The molecule has 0 saturated heterocycles. The molecule has 1 heterocycles. The first-order chi connectivity index (χ1) is 16.2. The quantitative estimate of drug-likeness (QED) is 0.391. The first-order valence-corrected chi connectivity index (χ1v) is 12.3. The molecule has 1 atom stereocenters. The van der Waals surface area contributed by atoms with Gasteiger partial charge in [-0.25, -0.2) is 13.1 Å². The summed E-state index contributed by atoms with van der Waals surface area (Å²) in [5, 5.41) is 20.6. The monoisotopic (exact) mass is 484 g/mol. The maximum atomic E-state index is 12.1. The molecule has 0 bridgehead atoms. The van der Waals surface area contributed by atoms with E-state index in [0.29, 0.717) is 35.5 Å². The summed E-state index contributed by atoms with van der Waals surface area (Å²) in [5.41, 5.74) is 3.60. The maximum absolute atomic E-state index is 12.1. The molecule has 0 fully saturated rings. The Morgan fingerprint density at radius 2 is 2.15 bits per heavy atom. The van der Waals surface area contributed by atoms with E-state index in [0.717, 1.165) is 16.7 Å². The average Bonchev–Trinajstić information content (AvgIpc) is 3.40. The number of rotatable bonds is 9. The fraction of sp³-hybridized carbons (Fsp3) is 0.304. The summed E-state index contributed by atoms with van der Waals surface area (Å²) in [5.74, 6) is -1.16. The van der Waals surface area contributed by atoms with Crippen molar-refractivity contribution >= 4 is 22.2 Å². The standard InChI is InChI=1S/C23H24N4O6S/c1-13(2)32-20-9-6-14(10-15(20)11-24)23-25-22(26-33-23)18-5-3-4-17-16(18)7-8-19(17)27-34(30,31)12-21(28)29/h3-6,9-11,13,19,24,27H,7-8,12H2,1-2H3,(H,28,29)/t19-/m1/s1. The summed E-state index contributed by atoms with van der Waals surface area (Å²) in [6.07, 6.45) is 2.25. The predicted molar refractivity (Wildman–Crippen MR) is 124 cm³/mol. The number of hydrogen-bond acceptors (Lipinski definition) is 8. The second kappa shape index (κ2) is 9.35. The molecule has 0 radical (unpaired) electrons. The van der Waals surface area contributed by atoms with Gasteiger partial charge in [-0.3, -0.25) is 4.79 Å². The van der Waals surface area contributed by atoms with Crippen LogP contribution in [-0.4, -0.2) is 47.7 Å². The number of carboxylic acids is 1. The van der Waals surface area contributed by atoms with Crippen molar-refractivity contribution in [3.05, 3.63) is 53.1 Å². The van der Waals surface area contributed by atoms with Crippen molar-refractivity contribution in [1.29, 1.82) is 5.41 Å². The lowest BCUT2D eigenvalue weighted by Gasteiger charge is -2.14. The van der Waals surface area contributed by atoms with Crippen molar-refractivity contribution in [3.63, 3.8) is 0 Å². The highest BCUT2D eigenvalue weighted by Crippen LogP contribution is 2.38. The van der Waals surface area contributed by atoms with Crippen LogP contribution in [0.3, 0.4) is 0 Å². The number of nitrogens with zero attached hydrogens (tertiary/aromatic N) is 2. The predicted octanol–water partition coefficient (Wildman–Crippen LogP) is 3.18. The summed E-state index contributed by atoms with van der Waals surface area (Å²) in [7, 11) is -3.96. The van der Waals surface area contributed by atoms with Crippen LogP contribution in [-0.2, 0) is 21.2 Å². The molecule has 0 aliphatic heterocycles. The van der Waals surface area contributed by atoms with E-state index in [1.807, 2.05) is 26.0 Å². The Bertz CT molecular complexity index is 1350. The smallest absolute Gasteiger partial charge is 0.320 e. The molecule has 1 aliphatic carbocycles. The highest BCUT2D eigenvalue weighted by Gasteiger charge is 2.30. The third kappa shape index (κ3) is 5.00. The minimum absolute atomic E-state index is 0.0304. The number of benzene rings is 2. The van der Waals surface area contributed by atoms with Crippen molar-refractivity contribution in [2.75, 3.05) is 5.75 Å². The van der Waals surface area contributed by atoms with Gasteiger partial charge in [0.1, 0.15) is 5.75 Å². The number of fused-ring (bicyclic) bond motifs is 1. The van der Waals surface area contributed by atoms with Gasteiger partial charge in [0.05, 0.1) is 6.10 Å². The molecule has 1 aromatic heterocycles. The lowest BCUT2D eigenvalue weighted by atomic mass is 10.0. The van der Waals surface area contributed by atoms with Gasteiger partial charge in [0.25, 0.3) is 5.89 Å². The van der Waals surface area contributed by atoms with Crippen molar-refractivity contribution in [1.82, 2.24) is 14.9 Å². The zero-order valence-electron chi connectivity index (χ0n) is 18.6. The zero-order chi connectivity index (χ0) is 24.5. The average molecular weight is 485 g/mol. The Hall–Kier alpha value is -3.57. The van der Waals surface area contributed by atoms with Crippen LogP contribution in [0.4, 0.5) is 0 Å².